The Hall–Kier alpha value is -2.64. The summed E-state index contributed by atoms with van der Waals surface area (Å²) in [5.74, 6) is 1.94. The van der Waals surface area contributed by atoms with Crippen molar-refractivity contribution in [2.24, 2.45) is 0 Å². The van der Waals surface area contributed by atoms with Crippen LogP contribution in [0.5, 0.6) is 0 Å². The van der Waals surface area contributed by atoms with Gasteiger partial charge in [-0.15, -0.1) is 0 Å². The first-order chi connectivity index (χ1) is 13.6. The van der Waals surface area contributed by atoms with Crippen molar-refractivity contribution in [1.82, 2.24) is 24.6 Å². The zero-order chi connectivity index (χ0) is 19.5. The number of hydrogen-bond acceptors (Lipinski definition) is 6. The van der Waals surface area contributed by atoms with E-state index in [9.17, 15) is 4.79 Å². The number of nitrogens with zero attached hydrogens (tertiary/aromatic N) is 7. The Morgan fingerprint density at radius 3 is 2.43 bits per heavy atom. The Morgan fingerprint density at radius 2 is 1.75 bits per heavy atom. The molecule has 150 valence electrons. The molecule has 0 radical (unpaired) electrons. The molecule has 0 spiro atoms. The van der Waals surface area contributed by atoms with E-state index in [1.54, 1.807) is 10.9 Å². The molecule has 1 atom stereocenters. The van der Waals surface area contributed by atoms with E-state index >= 15 is 0 Å². The van der Waals surface area contributed by atoms with Gasteiger partial charge in [0.15, 0.2) is 0 Å². The third-order valence-corrected chi connectivity index (χ3v) is 5.66. The monoisotopic (exact) mass is 383 g/mol. The lowest BCUT2D eigenvalue weighted by atomic mass is 10.1. The molecule has 2 aromatic rings. The van der Waals surface area contributed by atoms with Crippen LogP contribution in [0.15, 0.2) is 24.5 Å². The Morgan fingerprint density at radius 1 is 1.00 bits per heavy atom. The predicted octanol–water partition coefficient (Wildman–Crippen LogP) is 1.88. The van der Waals surface area contributed by atoms with E-state index in [4.69, 9.17) is 4.98 Å². The summed E-state index contributed by atoms with van der Waals surface area (Å²) in [6.45, 7) is 8.98. The molecule has 0 aliphatic carbocycles. The summed E-state index contributed by atoms with van der Waals surface area (Å²) >= 11 is 0. The van der Waals surface area contributed by atoms with Crippen molar-refractivity contribution in [3.05, 3.63) is 30.2 Å². The standard InChI is InChI=1S/C20H29N7O/c1-16-15-18(23-20(22-16)26-8-4-3-5-9-26)24-11-13-25(14-12-24)19(28)17(2)27-10-6-7-21-27/h6-7,10,15,17H,3-5,8-9,11-14H2,1-2H3. The number of carbonyl (C=O) groups is 1. The van der Waals surface area contributed by atoms with Gasteiger partial charge in [0.25, 0.3) is 0 Å². The minimum absolute atomic E-state index is 0.122. The second-order valence-electron chi connectivity index (χ2n) is 7.69. The van der Waals surface area contributed by atoms with Crippen molar-refractivity contribution < 1.29 is 4.79 Å². The van der Waals surface area contributed by atoms with E-state index in [2.05, 4.69) is 25.9 Å². The summed E-state index contributed by atoms with van der Waals surface area (Å²) in [6.07, 6.45) is 7.26. The summed E-state index contributed by atoms with van der Waals surface area (Å²) in [4.78, 5) is 28.8. The van der Waals surface area contributed by atoms with Crippen molar-refractivity contribution in [2.75, 3.05) is 49.1 Å². The van der Waals surface area contributed by atoms with Crippen LogP contribution in [0.2, 0.25) is 0 Å². The van der Waals surface area contributed by atoms with Crippen molar-refractivity contribution in [3.8, 4) is 0 Å². The Bertz CT molecular complexity index is 793. The molecule has 0 bridgehead atoms. The van der Waals surface area contributed by atoms with E-state index in [1.165, 1.54) is 19.3 Å². The van der Waals surface area contributed by atoms with Gasteiger partial charge in [0.2, 0.25) is 11.9 Å². The van der Waals surface area contributed by atoms with E-state index in [0.29, 0.717) is 13.1 Å². The number of hydrogen-bond donors (Lipinski definition) is 0. The number of aromatic nitrogens is 4. The summed E-state index contributed by atoms with van der Waals surface area (Å²) in [5.41, 5.74) is 0.997. The van der Waals surface area contributed by atoms with Gasteiger partial charge >= 0.3 is 0 Å². The predicted molar refractivity (Wildman–Crippen MR) is 109 cm³/mol. The average molecular weight is 384 g/mol. The highest BCUT2D eigenvalue weighted by Gasteiger charge is 2.27. The normalized spacial score (nSPS) is 19.0. The fourth-order valence-corrected chi connectivity index (χ4v) is 3.98. The maximum Gasteiger partial charge on any atom is 0.247 e. The number of piperidine rings is 1. The third-order valence-electron chi connectivity index (χ3n) is 5.66. The molecule has 8 nitrogen and oxygen atoms in total. The van der Waals surface area contributed by atoms with Crippen LogP contribution in [0.1, 0.15) is 37.9 Å². The SMILES string of the molecule is Cc1cc(N2CCN(C(=O)C(C)n3cccn3)CC2)nc(N2CCCCC2)n1. The molecule has 2 saturated heterocycles. The Kier molecular flexibility index (Phi) is 5.45. The Balaban J connectivity index is 1.41. The molecule has 2 aromatic heterocycles. The molecule has 1 amide bonds. The zero-order valence-electron chi connectivity index (χ0n) is 16.8. The van der Waals surface area contributed by atoms with Crippen LogP contribution in [0.3, 0.4) is 0 Å². The molecular weight excluding hydrogens is 354 g/mol. The van der Waals surface area contributed by atoms with Gasteiger partial charge in [0, 0.05) is 63.4 Å². The van der Waals surface area contributed by atoms with Crippen molar-refractivity contribution >= 4 is 17.7 Å². The van der Waals surface area contributed by atoms with Gasteiger partial charge in [-0.3, -0.25) is 9.48 Å². The van der Waals surface area contributed by atoms with Gasteiger partial charge in [-0.05, 0) is 39.2 Å². The minimum Gasteiger partial charge on any atom is -0.353 e. The van der Waals surface area contributed by atoms with Crippen LogP contribution in [-0.4, -0.2) is 69.8 Å². The maximum absolute atomic E-state index is 12.8. The van der Waals surface area contributed by atoms with Crippen molar-refractivity contribution in [2.45, 2.75) is 39.2 Å². The number of amides is 1. The first-order valence-electron chi connectivity index (χ1n) is 10.3. The van der Waals surface area contributed by atoms with Gasteiger partial charge in [0.1, 0.15) is 11.9 Å². The van der Waals surface area contributed by atoms with Gasteiger partial charge in [0.05, 0.1) is 0 Å². The van der Waals surface area contributed by atoms with Crippen LogP contribution in [-0.2, 0) is 4.79 Å². The molecule has 0 N–H and O–H groups in total. The van der Waals surface area contributed by atoms with Gasteiger partial charge in [-0.25, -0.2) is 4.98 Å². The van der Waals surface area contributed by atoms with E-state index in [-0.39, 0.29) is 11.9 Å². The highest BCUT2D eigenvalue weighted by Crippen LogP contribution is 2.22. The number of carbonyl (C=O) groups excluding carboxylic acids is 1. The smallest absolute Gasteiger partial charge is 0.247 e. The average Bonchev–Trinajstić information content (AvgIpc) is 3.28. The summed E-state index contributed by atoms with van der Waals surface area (Å²) in [5, 5.41) is 4.20. The molecule has 28 heavy (non-hydrogen) atoms. The highest BCUT2D eigenvalue weighted by atomic mass is 16.2. The summed E-state index contributed by atoms with van der Waals surface area (Å²) in [6, 6.07) is 3.63. The molecule has 0 saturated carbocycles. The van der Waals surface area contributed by atoms with Crippen molar-refractivity contribution in [1.29, 1.82) is 0 Å². The lowest BCUT2D eigenvalue weighted by Crippen LogP contribution is -2.50. The van der Waals surface area contributed by atoms with Crippen molar-refractivity contribution in [3.63, 3.8) is 0 Å². The minimum atomic E-state index is -0.270. The molecule has 2 fully saturated rings. The van der Waals surface area contributed by atoms with Gasteiger partial charge in [-0.2, -0.15) is 10.1 Å². The van der Waals surface area contributed by atoms with Gasteiger partial charge < -0.3 is 14.7 Å². The molecule has 2 aliphatic heterocycles. The molecule has 0 aromatic carbocycles. The highest BCUT2D eigenvalue weighted by molar-refractivity contribution is 5.80. The molecular formula is C20H29N7O. The third kappa shape index (κ3) is 3.95. The van der Waals surface area contributed by atoms with E-state index < -0.39 is 0 Å². The molecule has 8 heteroatoms. The van der Waals surface area contributed by atoms with Crippen LogP contribution in [0, 0.1) is 6.92 Å². The largest absolute Gasteiger partial charge is 0.353 e. The second-order valence-corrected chi connectivity index (χ2v) is 7.69. The quantitative estimate of drug-likeness (QED) is 0.803. The molecule has 4 rings (SSSR count). The summed E-state index contributed by atoms with van der Waals surface area (Å²) < 4.78 is 1.72. The first-order valence-corrected chi connectivity index (χ1v) is 10.3. The molecule has 4 heterocycles. The van der Waals surface area contributed by atoms with Gasteiger partial charge in [-0.1, -0.05) is 0 Å². The number of anilines is 2. The Labute approximate surface area is 166 Å². The van der Waals surface area contributed by atoms with Crippen LogP contribution in [0.4, 0.5) is 11.8 Å². The lowest BCUT2D eigenvalue weighted by molar-refractivity contribution is -0.134. The van der Waals surface area contributed by atoms with E-state index in [0.717, 1.165) is 43.6 Å². The van der Waals surface area contributed by atoms with Crippen LogP contribution >= 0.6 is 0 Å². The molecule has 2 aliphatic rings. The second kappa shape index (κ2) is 8.16. The topological polar surface area (TPSA) is 70.4 Å². The van der Waals surface area contributed by atoms with E-state index in [1.807, 2.05) is 31.0 Å². The number of rotatable bonds is 4. The maximum atomic E-state index is 12.8. The zero-order valence-corrected chi connectivity index (χ0v) is 16.8. The van der Waals surface area contributed by atoms with Crippen LogP contribution < -0.4 is 9.80 Å². The number of piperazine rings is 1. The fourth-order valence-electron chi connectivity index (χ4n) is 3.98. The molecule has 1 unspecified atom stereocenters. The first kappa shape index (κ1) is 18.7. The van der Waals surface area contributed by atoms with Crippen LogP contribution in [0.25, 0.3) is 0 Å². The summed E-state index contributed by atoms with van der Waals surface area (Å²) in [7, 11) is 0. The fraction of sp³-hybridized carbons (Fsp3) is 0.600. The lowest BCUT2D eigenvalue weighted by Gasteiger charge is -2.37. The number of aryl methyl sites for hydroxylation is 1.